The van der Waals surface area contributed by atoms with E-state index < -0.39 is 5.60 Å². The van der Waals surface area contributed by atoms with Gasteiger partial charge in [0.15, 0.2) is 0 Å². The molecule has 0 saturated carbocycles. The number of aromatic nitrogens is 2. The number of carbonyl (C=O) groups is 1. The number of carbonyl (C=O) groups excluding carboxylic acids is 1. The molecule has 0 saturated heterocycles. The van der Waals surface area contributed by atoms with Gasteiger partial charge < -0.3 is 25.7 Å². The molecule has 8 heteroatoms. The number of amides is 1. The molecule has 1 aromatic heterocycles. The van der Waals surface area contributed by atoms with E-state index in [9.17, 15) is 4.79 Å². The molecule has 0 spiro atoms. The Hall–Kier alpha value is -3.99. The molecule has 3 rings (SSSR count). The molecule has 0 bridgehead atoms. The molecule has 1 amide bonds. The highest BCUT2D eigenvalue weighted by Gasteiger charge is 2.24. The zero-order chi connectivity index (χ0) is 24.9. The van der Waals surface area contributed by atoms with Crippen LogP contribution in [0.4, 0.5) is 10.5 Å². The topological polar surface area (TPSA) is 109 Å². The molecule has 2 heterocycles. The molecule has 1 aliphatic rings. The maximum Gasteiger partial charge on any atom is 0.410 e. The molecule has 0 aliphatic carbocycles. The van der Waals surface area contributed by atoms with Gasteiger partial charge in [0.05, 0.1) is 17.4 Å². The monoisotopic (exact) mass is 460 g/mol. The highest BCUT2D eigenvalue weighted by Crippen LogP contribution is 2.24. The Labute approximate surface area is 200 Å². The maximum atomic E-state index is 12.3. The number of benzene rings is 1. The summed E-state index contributed by atoms with van der Waals surface area (Å²) in [5.74, 6) is 3.04. The molecule has 0 unspecified atom stereocenters. The van der Waals surface area contributed by atoms with E-state index in [1.165, 1.54) is 0 Å². The lowest BCUT2D eigenvalue weighted by molar-refractivity contribution is 0.0266. The predicted octanol–water partition coefficient (Wildman–Crippen LogP) is 4.36. The lowest BCUT2D eigenvalue weighted by Gasteiger charge is -2.29. The summed E-state index contributed by atoms with van der Waals surface area (Å²) in [5, 5.41) is 3.28. The molecule has 0 radical (unpaired) electrons. The number of H-pyrrole nitrogens is 1. The number of imidazole rings is 1. The van der Waals surface area contributed by atoms with Crippen molar-refractivity contribution in [1.29, 1.82) is 0 Å². The van der Waals surface area contributed by atoms with Crippen molar-refractivity contribution in [1.82, 2.24) is 14.9 Å². The molecule has 178 valence electrons. The number of ether oxygens (including phenoxy) is 1. The first-order valence-electron chi connectivity index (χ1n) is 11.1. The first-order valence-corrected chi connectivity index (χ1v) is 11.1. The second-order valence-electron chi connectivity index (χ2n) is 9.03. The predicted molar refractivity (Wildman–Crippen MR) is 137 cm³/mol. The summed E-state index contributed by atoms with van der Waals surface area (Å²) in [6.45, 7) is 8.65. The number of rotatable bonds is 5. The van der Waals surface area contributed by atoms with E-state index in [1.807, 2.05) is 58.0 Å². The van der Waals surface area contributed by atoms with Gasteiger partial charge in [-0.3, -0.25) is 4.99 Å². The smallest absolute Gasteiger partial charge is 0.410 e. The van der Waals surface area contributed by atoms with Crippen molar-refractivity contribution in [2.75, 3.05) is 25.5 Å². The third-order valence-corrected chi connectivity index (χ3v) is 5.35. The summed E-state index contributed by atoms with van der Waals surface area (Å²) < 4.78 is 5.47. The standard InChI is InChI=1S/C26H32N6O2/c1-7-21(31-19-8-9-22-23(15-19)30-16-29-22)20(24(27)28-6)14-17(2)18-10-12-32(13-11-18)25(33)34-26(3,4)5/h1,8-10,14-16,31H,11-13H2,2-6H3,(H2,27,28)(H,29,30)/b17-14+,21-20+. The largest absolute Gasteiger partial charge is 0.444 e. The molecule has 4 N–H and O–H groups in total. The van der Waals surface area contributed by atoms with Crippen molar-refractivity contribution in [3.05, 3.63) is 59.1 Å². The first-order chi connectivity index (χ1) is 16.1. The number of fused-ring (bicyclic) bond motifs is 1. The van der Waals surface area contributed by atoms with E-state index in [0.717, 1.165) is 27.9 Å². The van der Waals surface area contributed by atoms with Gasteiger partial charge in [0.2, 0.25) is 0 Å². The summed E-state index contributed by atoms with van der Waals surface area (Å²) in [4.78, 5) is 25.5. The third-order valence-electron chi connectivity index (χ3n) is 5.35. The lowest BCUT2D eigenvalue weighted by atomic mass is 9.97. The fourth-order valence-electron chi connectivity index (χ4n) is 3.56. The van der Waals surface area contributed by atoms with Gasteiger partial charge in [0, 0.05) is 31.4 Å². The highest BCUT2D eigenvalue weighted by atomic mass is 16.6. The maximum absolute atomic E-state index is 12.3. The Morgan fingerprint density at radius 1 is 1.41 bits per heavy atom. The number of hydrogen-bond donors (Lipinski definition) is 3. The summed E-state index contributed by atoms with van der Waals surface area (Å²) in [6, 6.07) is 5.74. The molecule has 8 nitrogen and oxygen atoms in total. The van der Waals surface area contributed by atoms with Crippen molar-refractivity contribution < 1.29 is 9.53 Å². The van der Waals surface area contributed by atoms with Crippen LogP contribution in [0.25, 0.3) is 11.0 Å². The average Bonchev–Trinajstić information content (AvgIpc) is 3.27. The summed E-state index contributed by atoms with van der Waals surface area (Å²) in [5.41, 5.74) is 11.5. The second kappa shape index (κ2) is 10.3. The van der Waals surface area contributed by atoms with Crippen LogP contribution in [0, 0.1) is 12.3 Å². The number of terminal acetylenes is 1. The molecular weight excluding hydrogens is 428 g/mol. The van der Waals surface area contributed by atoms with Crippen LogP contribution >= 0.6 is 0 Å². The van der Waals surface area contributed by atoms with Gasteiger partial charge in [-0.15, -0.1) is 6.42 Å². The molecule has 0 fully saturated rings. The van der Waals surface area contributed by atoms with Gasteiger partial charge in [-0.25, -0.2) is 9.78 Å². The fourth-order valence-corrected chi connectivity index (χ4v) is 3.56. The average molecular weight is 461 g/mol. The van der Waals surface area contributed by atoms with Gasteiger partial charge in [-0.2, -0.15) is 0 Å². The van der Waals surface area contributed by atoms with E-state index in [1.54, 1.807) is 18.3 Å². The minimum absolute atomic E-state index is 0.305. The Bertz CT molecular complexity index is 1230. The van der Waals surface area contributed by atoms with E-state index >= 15 is 0 Å². The number of nitrogens with one attached hydrogen (secondary N) is 2. The number of nitrogens with zero attached hydrogens (tertiary/aromatic N) is 3. The molecular formula is C26H32N6O2. The van der Waals surface area contributed by atoms with E-state index in [-0.39, 0.29) is 6.09 Å². The number of aliphatic imine (C=N–C) groups is 1. The van der Waals surface area contributed by atoms with Crippen LogP contribution in [-0.4, -0.2) is 52.5 Å². The van der Waals surface area contributed by atoms with E-state index in [2.05, 4.69) is 26.2 Å². The lowest BCUT2D eigenvalue weighted by Crippen LogP contribution is -2.39. The first kappa shape index (κ1) is 24.6. The number of hydrogen-bond acceptors (Lipinski definition) is 5. The van der Waals surface area contributed by atoms with Gasteiger partial charge in [-0.1, -0.05) is 12.0 Å². The van der Waals surface area contributed by atoms with Crippen molar-refractivity contribution >= 4 is 28.6 Å². The van der Waals surface area contributed by atoms with Crippen molar-refractivity contribution in [2.45, 2.75) is 39.7 Å². The van der Waals surface area contributed by atoms with Crippen LogP contribution in [0.1, 0.15) is 34.1 Å². The number of anilines is 1. The third kappa shape index (κ3) is 6.07. The Morgan fingerprint density at radius 3 is 2.79 bits per heavy atom. The number of allylic oxidation sites excluding steroid dienone is 2. The quantitative estimate of drug-likeness (QED) is 0.266. The van der Waals surface area contributed by atoms with E-state index in [0.29, 0.717) is 36.6 Å². The number of aromatic amines is 1. The summed E-state index contributed by atoms with van der Waals surface area (Å²) in [6.07, 6.45) is 11.9. The molecule has 1 aromatic carbocycles. The summed E-state index contributed by atoms with van der Waals surface area (Å²) in [7, 11) is 1.63. The zero-order valence-corrected chi connectivity index (χ0v) is 20.4. The molecule has 1 aliphatic heterocycles. The SMILES string of the molecule is C#C/C(Nc1ccc2nc[nH]c2c1)=C(/C=C(\C)C1=CCN(C(=O)OC(C)(C)C)CC1)C(N)=NC. The Kier molecular flexibility index (Phi) is 7.47. The minimum Gasteiger partial charge on any atom is -0.444 e. The van der Waals surface area contributed by atoms with Crippen LogP contribution in [0.3, 0.4) is 0 Å². The normalized spacial score (nSPS) is 16.0. The van der Waals surface area contributed by atoms with Crippen LogP contribution < -0.4 is 11.1 Å². The molecule has 34 heavy (non-hydrogen) atoms. The van der Waals surface area contributed by atoms with Crippen LogP contribution in [0.15, 0.2) is 64.1 Å². The van der Waals surface area contributed by atoms with Gasteiger partial charge in [0.1, 0.15) is 17.1 Å². The molecule has 0 atom stereocenters. The van der Waals surface area contributed by atoms with Crippen molar-refractivity contribution in [2.24, 2.45) is 10.7 Å². The molecule has 2 aromatic rings. The van der Waals surface area contributed by atoms with Crippen molar-refractivity contribution in [3.8, 4) is 12.3 Å². The minimum atomic E-state index is -0.520. The van der Waals surface area contributed by atoms with Gasteiger partial charge in [0.25, 0.3) is 0 Å². The Balaban J connectivity index is 1.85. The highest BCUT2D eigenvalue weighted by molar-refractivity contribution is 6.01. The fraction of sp³-hybridized carbons (Fsp3) is 0.346. The van der Waals surface area contributed by atoms with Gasteiger partial charge >= 0.3 is 6.09 Å². The van der Waals surface area contributed by atoms with E-state index in [4.69, 9.17) is 16.9 Å². The second-order valence-corrected chi connectivity index (χ2v) is 9.03. The van der Waals surface area contributed by atoms with Crippen LogP contribution in [0.5, 0.6) is 0 Å². The van der Waals surface area contributed by atoms with Crippen LogP contribution in [0.2, 0.25) is 0 Å². The van der Waals surface area contributed by atoms with Gasteiger partial charge in [-0.05, 0) is 69.5 Å². The Morgan fingerprint density at radius 2 is 2.18 bits per heavy atom. The zero-order valence-electron chi connectivity index (χ0n) is 20.4. The number of amidine groups is 1. The van der Waals surface area contributed by atoms with Crippen LogP contribution in [-0.2, 0) is 4.74 Å². The van der Waals surface area contributed by atoms with Crippen molar-refractivity contribution in [3.63, 3.8) is 0 Å². The number of nitrogens with two attached hydrogens (primary N) is 1. The summed E-state index contributed by atoms with van der Waals surface area (Å²) >= 11 is 0.